The lowest BCUT2D eigenvalue weighted by Crippen LogP contribution is -2.49. The van der Waals surface area contributed by atoms with Crippen molar-refractivity contribution in [3.05, 3.63) is 30.1 Å². The number of alkyl halides is 3. The van der Waals surface area contributed by atoms with Crippen LogP contribution in [-0.4, -0.2) is 76.8 Å². The molecule has 3 aliphatic rings. The number of pyridine rings is 1. The molecular formula is C21H25F3N6O2. The number of hydrogen-bond donors (Lipinski definition) is 1. The number of fused-ring (bicyclic) bond motifs is 1. The van der Waals surface area contributed by atoms with Gasteiger partial charge in [0.05, 0.1) is 22.8 Å². The fraction of sp³-hybridized carbons (Fsp3) is 0.571. The standard InChI is InChI=1S/C21H25F3N6O2/c22-21(23,24)20(3-4-20)14-28-9-7-27(8-10-28)13-15-1-6-30-16(11-15)17(12-25-30)29-5-2-18(31)26-19(29)32/h1,6,11-12H,2-5,7-10,13-14H2,(H,26,31,32). The van der Waals surface area contributed by atoms with Gasteiger partial charge in [-0.25, -0.2) is 9.31 Å². The molecule has 0 atom stereocenters. The van der Waals surface area contributed by atoms with Crippen LogP contribution in [0.15, 0.2) is 24.5 Å². The monoisotopic (exact) mass is 450 g/mol. The van der Waals surface area contributed by atoms with Crippen LogP contribution in [0.25, 0.3) is 5.52 Å². The van der Waals surface area contributed by atoms with Crippen LogP contribution >= 0.6 is 0 Å². The number of anilines is 1. The van der Waals surface area contributed by atoms with E-state index in [0.29, 0.717) is 45.0 Å². The lowest BCUT2D eigenvalue weighted by atomic mass is 10.1. The summed E-state index contributed by atoms with van der Waals surface area (Å²) in [5.74, 6) is -0.287. The topological polar surface area (TPSA) is 73.2 Å². The van der Waals surface area contributed by atoms with Crippen LogP contribution in [0, 0.1) is 5.41 Å². The molecule has 3 amide bonds. The van der Waals surface area contributed by atoms with Gasteiger partial charge >= 0.3 is 12.2 Å². The van der Waals surface area contributed by atoms with E-state index in [1.807, 2.05) is 23.2 Å². The first-order valence-corrected chi connectivity index (χ1v) is 10.8. The quantitative estimate of drug-likeness (QED) is 0.757. The summed E-state index contributed by atoms with van der Waals surface area (Å²) in [5.41, 5.74) is 0.967. The molecule has 0 spiro atoms. The molecule has 32 heavy (non-hydrogen) atoms. The molecule has 4 heterocycles. The molecule has 0 unspecified atom stereocenters. The van der Waals surface area contributed by atoms with Crippen LogP contribution in [0.1, 0.15) is 24.8 Å². The molecule has 2 aromatic heterocycles. The second-order valence-corrected chi connectivity index (χ2v) is 8.98. The molecule has 2 aliphatic heterocycles. The number of imide groups is 1. The first kappa shape index (κ1) is 21.2. The van der Waals surface area contributed by atoms with Crippen LogP contribution in [0.4, 0.5) is 23.7 Å². The summed E-state index contributed by atoms with van der Waals surface area (Å²) in [4.78, 5) is 29.3. The van der Waals surface area contributed by atoms with Crippen molar-refractivity contribution in [2.45, 2.75) is 32.0 Å². The number of rotatable bonds is 5. The first-order valence-electron chi connectivity index (χ1n) is 10.8. The summed E-state index contributed by atoms with van der Waals surface area (Å²) in [6.07, 6.45) is 0.0597. The van der Waals surface area contributed by atoms with Crippen molar-refractivity contribution in [2.75, 3.05) is 44.2 Å². The molecule has 1 N–H and O–H groups in total. The lowest BCUT2D eigenvalue weighted by molar-refractivity contribution is -0.192. The minimum atomic E-state index is -4.11. The number of nitrogens with zero attached hydrogens (tertiary/aromatic N) is 5. The summed E-state index contributed by atoms with van der Waals surface area (Å²) >= 11 is 0. The van der Waals surface area contributed by atoms with Crippen molar-refractivity contribution in [1.82, 2.24) is 24.7 Å². The maximum atomic E-state index is 13.2. The van der Waals surface area contributed by atoms with Gasteiger partial charge in [0.25, 0.3) is 0 Å². The number of aromatic nitrogens is 2. The number of halogens is 3. The largest absolute Gasteiger partial charge is 0.395 e. The summed E-state index contributed by atoms with van der Waals surface area (Å²) in [6.45, 7) is 3.75. The Morgan fingerprint density at radius 3 is 2.44 bits per heavy atom. The van der Waals surface area contributed by atoms with E-state index >= 15 is 0 Å². The lowest BCUT2D eigenvalue weighted by Gasteiger charge is -2.37. The highest BCUT2D eigenvalue weighted by Crippen LogP contribution is 2.57. The molecular weight excluding hydrogens is 425 g/mol. The predicted octanol–water partition coefficient (Wildman–Crippen LogP) is 2.24. The molecule has 172 valence electrons. The highest BCUT2D eigenvalue weighted by atomic mass is 19.4. The van der Waals surface area contributed by atoms with Gasteiger partial charge in [-0.3, -0.25) is 24.8 Å². The van der Waals surface area contributed by atoms with Crippen LogP contribution in [-0.2, 0) is 11.3 Å². The highest BCUT2D eigenvalue weighted by Gasteiger charge is 2.63. The van der Waals surface area contributed by atoms with E-state index in [1.165, 1.54) is 4.90 Å². The van der Waals surface area contributed by atoms with E-state index in [2.05, 4.69) is 15.3 Å². The van der Waals surface area contributed by atoms with Gasteiger partial charge in [-0.1, -0.05) is 0 Å². The van der Waals surface area contributed by atoms with E-state index in [-0.39, 0.29) is 31.7 Å². The summed E-state index contributed by atoms with van der Waals surface area (Å²) in [7, 11) is 0. The van der Waals surface area contributed by atoms with Crippen molar-refractivity contribution in [3.8, 4) is 0 Å². The Morgan fingerprint density at radius 1 is 1.06 bits per heavy atom. The number of carbonyl (C=O) groups is 2. The maximum Gasteiger partial charge on any atom is 0.395 e. The summed E-state index contributed by atoms with van der Waals surface area (Å²) < 4.78 is 41.4. The van der Waals surface area contributed by atoms with Crippen LogP contribution in [0.5, 0.6) is 0 Å². The van der Waals surface area contributed by atoms with Gasteiger partial charge in [-0.15, -0.1) is 0 Å². The zero-order chi connectivity index (χ0) is 22.5. The van der Waals surface area contributed by atoms with Crippen molar-refractivity contribution in [3.63, 3.8) is 0 Å². The number of piperazine rings is 1. The third kappa shape index (κ3) is 3.95. The minimum absolute atomic E-state index is 0.107. The zero-order valence-corrected chi connectivity index (χ0v) is 17.6. The fourth-order valence-corrected chi connectivity index (χ4v) is 4.59. The van der Waals surface area contributed by atoms with Crippen molar-refractivity contribution in [2.24, 2.45) is 5.41 Å². The number of urea groups is 1. The first-order chi connectivity index (χ1) is 15.2. The Balaban J connectivity index is 1.23. The van der Waals surface area contributed by atoms with E-state index in [4.69, 9.17) is 0 Å². The van der Waals surface area contributed by atoms with Crippen molar-refractivity contribution in [1.29, 1.82) is 0 Å². The molecule has 1 aliphatic carbocycles. The van der Waals surface area contributed by atoms with Gasteiger partial charge in [-0.05, 0) is 30.5 Å². The van der Waals surface area contributed by atoms with Gasteiger partial charge < -0.3 is 0 Å². The SMILES string of the molecule is O=C1CCN(c2cnn3ccc(CN4CCN(CC5(C(F)(F)F)CC5)CC4)cc23)C(=O)N1. The molecule has 3 fully saturated rings. The Morgan fingerprint density at radius 2 is 1.78 bits per heavy atom. The third-order valence-electron chi connectivity index (χ3n) is 6.76. The molecule has 5 rings (SSSR count). The normalized spacial score (nSPS) is 22.4. The Hall–Kier alpha value is -2.66. The molecule has 0 radical (unpaired) electrons. The van der Waals surface area contributed by atoms with Crippen LogP contribution < -0.4 is 10.2 Å². The summed E-state index contributed by atoms with van der Waals surface area (Å²) in [5, 5.41) is 6.63. The van der Waals surface area contributed by atoms with Crippen LogP contribution in [0.2, 0.25) is 0 Å². The van der Waals surface area contributed by atoms with Gasteiger partial charge in [0, 0.05) is 58.4 Å². The predicted molar refractivity (Wildman–Crippen MR) is 110 cm³/mol. The summed E-state index contributed by atoms with van der Waals surface area (Å²) in [6, 6.07) is 3.48. The second-order valence-electron chi connectivity index (χ2n) is 8.98. The molecule has 1 saturated carbocycles. The Kier molecular flexibility index (Phi) is 5.12. The van der Waals surface area contributed by atoms with E-state index < -0.39 is 17.6 Å². The zero-order valence-electron chi connectivity index (χ0n) is 17.6. The smallest absolute Gasteiger partial charge is 0.300 e. The molecule has 0 bridgehead atoms. The van der Waals surface area contributed by atoms with Gasteiger partial charge in [-0.2, -0.15) is 18.3 Å². The van der Waals surface area contributed by atoms with Gasteiger partial charge in [0.15, 0.2) is 0 Å². The number of amides is 3. The van der Waals surface area contributed by atoms with Gasteiger partial charge in [0.1, 0.15) is 0 Å². The van der Waals surface area contributed by atoms with Crippen molar-refractivity contribution < 1.29 is 22.8 Å². The molecule has 11 heteroatoms. The Bertz CT molecular complexity index is 1040. The fourth-order valence-electron chi connectivity index (χ4n) is 4.59. The number of carbonyl (C=O) groups excluding carboxylic acids is 2. The van der Waals surface area contributed by atoms with Gasteiger partial charge in [0.2, 0.25) is 5.91 Å². The molecule has 8 nitrogen and oxygen atoms in total. The number of nitrogens with one attached hydrogen (secondary N) is 1. The molecule has 2 saturated heterocycles. The maximum absolute atomic E-state index is 13.2. The molecule has 2 aromatic rings. The number of hydrogen-bond acceptors (Lipinski definition) is 5. The third-order valence-corrected chi connectivity index (χ3v) is 6.76. The second kappa shape index (κ2) is 7.73. The average molecular weight is 450 g/mol. The highest BCUT2D eigenvalue weighted by molar-refractivity contribution is 6.07. The van der Waals surface area contributed by atoms with E-state index in [0.717, 1.165) is 11.1 Å². The minimum Gasteiger partial charge on any atom is -0.300 e. The Labute approximate surface area is 182 Å². The van der Waals surface area contributed by atoms with Crippen molar-refractivity contribution >= 4 is 23.1 Å². The van der Waals surface area contributed by atoms with Crippen LogP contribution in [0.3, 0.4) is 0 Å². The molecule has 0 aromatic carbocycles. The van der Waals surface area contributed by atoms with E-state index in [9.17, 15) is 22.8 Å². The van der Waals surface area contributed by atoms with E-state index in [1.54, 1.807) is 10.7 Å². The average Bonchev–Trinajstić information content (AvgIpc) is 3.42.